The highest BCUT2D eigenvalue weighted by atomic mass is 16.4. The van der Waals surface area contributed by atoms with Crippen molar-refractivity contribution in [3.8, 4) is 0 Å². The molecule has 2 atom stereocenters. The lowest BCUT2D eigenvalue weighted by atomic mass is 9.86. The zero-order valence-corrected chi connectivity index (χ0v) is 11.3. The Morgan fingerprint density at radius 3 is 2.44 bits per heavy atom. The molecule has 1 fully saturated rings. The summed E-state index contributed by atoms with van der Waals surface area (Å²) in [6, 6.07) is -0.183. The first-order chi connectivity index (χ1) is 8.32. The maximum atomic E-state index is 12.4. The fourth-order valence-corrected chi connectivity index (χ4v) is 2.37. The van der Waals surface area contributed by atoms with Gasteiger partial charge in [-0.2, -0.15) is 0 Å². The van der Waals surface area contributed by atoms with Gasteiger partial charge in [-0.3, -0.25) is 4.79 Å². The van der Waals surface area contributed by atoms with Gasteiger partial charge in [0.25, 0.3) is 0 Å². The molecule has 0 spiro atoms. The van der Waals surface area contributed by atoms with Crippen LogP contribution in [0.3, 0.4) is 0 Å². The Morgan fingerprint density at radius 2 is 1.94 bits per heavy atom. The van der Waals surface area contributed by atoms with E-state index < -0.39 is 11.5 Å². The van der Waals surface area contributed by atoms with E-state index in [9.17, 15) is 9.90 Å². The molecule has 1 amide bonds. The van der Waals surface area contributed by atoms with Crippen molar-refractivity contribution in [2.45, 2.75) is 51.7 Å². The molecular formula is C12H23N3O3. The molecule has 0 bridgehead atoms. The SMILES string of the molecule is CN(C(=O)C(C)(C)C(N)=NO)C1CCCCC1O. The minimum absolute atomic E-state index is 0.121. The Kier molecular flexibility index (Phi) is 4.56. The summed E-state index contributed by atoms with van der Waals surface area (Å²) in [5, 5.41) is 21.6. The number of carbonyl (C=O) groups excluding carboxylic acids is 1. The maximum absolute atomic E-state index is 12.4. The van der Waals surface area contributed by atoms with Crippen LogP contribution in [-0.4, -0.2) is 46.1 Å². The van der Waals surface area contributed by atoms with Crippen molar-refractivity contribution in [1.29, 1.82) is 0 Å². The number of carbonyl (C=O) groups is 1. The number of nitrogens with two attached hydrogens (primary N) is 1. The lowest BCUT2D eigenvalue weighted by molar-refractivity contribution is -0.141. The van der Waals surface area contributed by atoms with E-state index in [4.69, 9.17) is 10.9 Å². The van der Waals surface area contributed by atoms with Crippen molar-refractivity contribution >= 4 is 11.7 Å². The Labute approximate surface area is 107 Å². The summed E-state index contributed by atoms with van der Waals surface area (Å²) in [4.78, 5) is 13.9. The van der Waals surface area contributed by atoms with Crippen LogP contribution in [0.15, 0.2) is 5.16 Å². The molecule has 0 aromatic heterocycles. The highest BCUT2D eigenvalue weighted by Gasteiger charge is 2.39. The first kappa shape index (κ1) is 14.8. The van der Waals surface area contributed by atoms with Crippen LogP contribution < -0.4 is 5.73 Å². The molecule has 1 saturated carbocycles. The van der Waals surface area contributed by atoms with Gasteiger partial charge in [0.05, 0.1) is 12.1 Å². The van der Waals surface area contributed by atoms with Crippen LogP contribution in [0.1, 0.15) is 39.5 Å². The van der Waals surface area contributed by atoms with Gasteiger partial charge in [-0.25, -0.2) is 0 Å². The zero-order chi connectivity index (χ0) is 13.9. The number of aliphatic hydroxyl groups is 1. The molecule has 0 heterocycles. The molecule has 0 aromatic rings. The summed E-state index contributed by atoms with van der Waals surface area (Å²) >= 11 is 0. The van der Waals surface area contributed by atoms with E-state index in [0.717, 1.165) is 19.3 Å². The van der Waals surface area contributed by atoms with Gasteiger partial charge in [0.15, 0.2) is 5.84 Å². The molecule has 6 heteroatoms. The van der Waals surface area contributed by atoms with Crippen LogP contribution in [0.25, 0.3) is 0 Å². The van der Waals surface area contributed by atoms with Crippen LogP contribution in [0.2, 0.25) is 0 Å². The number of aliphatic hydroxyl groups excluding tert-OH is 1. The van der Waals surface area contributed by atoms with E-state index >= 15 is 0 Å². The molecule has 1 aliphatic carbocycles. The Hall–Kier alpha value is -1.30. The molecule has 2 unspecified atom stereocenters. The highest BCUT2D eigenvalue weighted by molar-refractivity contribution is 6.05. The van der Waals surface area contributed by atoms with Gasteiger partial charge in [0.1, 0.15) is 5.41 Å². The molecule has 6 nitrogen and oxygen atoms in total. The van der Waals surface area contributed by atoms with Crippen molar-refractivity contribution < 1.29 is 15.1 Å². The Bertz CT molecular complexity index is 341. The number of amides is 1. The quantitative estimate of drug-likeness (QED) is 0.297. The van der Waals surface area contributed by atoms with Gasteiger partial charge in [0, 0.05) is 7.05 Å². The van der Waals surface area contributed by atoms with Gasteiger partial charge in [-0.1, -0.05) is 18.0 Å². The molecule has 104 valence electrons. The summed E-state index contributed by atoms with van der Waals surface area (Å²) < 4.78 is 0. The van der Waals surface area contributed by atoms with E-state index in [1.807, 2.05) is 0 Å². The van der Waals surface area contributed by atoms with Crippen LogP contribution in [0.4, 0.5) is 0 Å². The maximum Gasteiger partial charge on any atom is 0.236 e. The number of hydrogen-bond acceptors (Lipinski definition) is 4. The standard InChI is InChI=1S/C12H23N3O3/c1-12(2,10(13)14-18)11(17)15(3)8-6-4-5-7-9(8)16/h8-9,16,18H,4-7H2,1-3H3,(H2,13,14). The van der Waals surface area contributed by atoms with Crippen LogP contribution in [0, 0.1) is 5.41 Å². The van der Waals surface area contributed by atoms with Gasteiger partial charge in [0.2, 0.25) is 5.91 Å². The van der Waals surface area contributed by atoms with Gasteiger partial charge >= 0.3 is 0 Å². The number of likely N-dealkylation sites (N-methyl/N-ethyl adjacent to an activating group) is 1. The predicted octanol–water partition coefficient (Wildman–Crippen LogP) is 0.521. The molecule has 0 saturated heterocycles. The summed E-state index contributed by atoms with van der Waals surface area (Å²) in [6.45, 7) is 3.21. The minimum atomic E-state index is -1.07. The predicted molar refractivity (Wildman–Crippen MR) is 68.2 cm³/mol. The van der Waals surface area contributed by atoms with Crippen molar-refractivity contribution in [2.75, 3.05) is 7.05 Å². The fourth-order valence-electron chi connectivity index (χ4n) is 2.37. The summed E-state index contributed by atoms with van der Waals surface area (Å²) in [5.74, 6) is -0.367. The average Bonchev–Trinajstić information content (AvgIpc) is 2.36. The van der Waals surface area contributed by atoms with Crippen LogP contribution >= 0.6 is 0 Å². The van der Waals surface area contributed by atoms with Gasteiger partial charge < -0.3 is 20.9 Å². The molecule has 0 radical (unpaired) electrons. The molecular weight excluding hydrogens is 234 g/mol. The largest absolute Gasteiger partial charge is 0.409 e. The topological polar surface area (TPSA) is 99.2 Å². The normalized spacial score (nSPS) is 25.9. The smallest absolute Gasteiger partial charge is 0.236 e. The number of nitrogens with zero attached hydrogens (tertiary/aromatic N) is 2. The fraction of sp³-hybridized carbons (Fsp3) is 0.833. The zero-order valence-electron chi connectivity index (χ0n) is 11.3. The number of rotatable bonds is 3. The second-order valence-corrected chi connectivity index (χ2v) is 5.45. The van der Waals surface area contributed by atoms with Crippen LogP contribution in [-0.2, 0) is 4.79 Å². The van der Waals surface area contributed by atoms with Crippen molar-refractivity contribution in [3.05, 3.63) is 0 Å². The van der Waals surface area contributed by atoms with Gasteiger partial charge in [-0.05, 0) is 26.7 Å². The second-order valence-electron chi connectivity index (χ2n) is 5.45. The highest BCUT2D eigenvalue weighted by Crippen LogP contribution is 2.26. The summed E-state index contributed by atoms with van der Waals surface area (Å²) in [6.07, 6.45) is 3.00. The molecule has 18 heavy (non-hydrogen) atoms. The third-order valence-electron chi connectivity index (χ3n) is 3.79. The molecule has 0 aliphatic heterocycles. The molecule has 1 rings (SSSR count). The van der Waals surface area contributed by atoms with E-state index in [1.165, 1.54) is 4.90 Å². The number of amidine groups is 1. The van der Waals surface area contributed by atoms with Crippen molar-refractivity contribution in [3.63, 3.8) is 0 Å². The molecule has 4 N–H and O–H groups in total. The van der Waals surface area contributed by atoms with E-state index in [1.54, 1.807) is 20.9 Å². The summed E-state index contributed by atoms with van der Waals surface area (Å²) in [5.41, 5.74) is 4.47. The number of oxime groups is 1. The lowest BCUT2D eigenvalue weighted by Crippen LogP contribution is -2.53. The van der Waals surface area contributed by atoms with Crippen molar-refractivity contribution in [2.24, 2.45) is 16.3 Å². The van der Waals surface area contributed by atoms with Crippen LogP contribution in [0.5, 0.6) is 0 Å². The number of hydrogen-bond donors (Lipinski definition) is 3. The monoisotopic (exact) mass is 257 g/mol. The first-order valence-corrected chi connectivity index (χ1v) is 6.25. The van der Waals surface area contributed by atoms with Crippen molar-refractivity contribution in [1.82, 2.24) is 4.90 Å². The molecule has 0 aromatic carbocycles. The van der Waals surface area contributed by atoms with E-state index in [2.05, 4.69) is 5.16 Å². The third kappa shape index (κ3) is 2.75. The minimum Gasteiger partial charge on any atom is -0.409 e. The summed E-state index contributed by atoms with van der Waals surface area (Å²) in [7, 11) is 1.66. The van der Waals surface area contributed by atoms with E-state index in [-0.39, 0.29) is 17.8 Å². The second kappa shape index (κ2) is 5.56. The lowest BCUT2D eigenvalue weighted by Gasteiger charge is -2.38. The Morgan fingerprint density at radius 1 is 1.39 bits per heavy atom. The average molecular weight is 257 g/mol. The third-order valence-corrected chi connectivity index (χ3v) is 3.79. The Balaban J connectivity index is 2.83. The van der Waals surface area contributed by atoms with E-state index in [0.29, 0.717) is 6.42 Å². The molecule has 1 aliphatic rings. The first-order valence-electron chi connectivity index (χ1n) is 6.25. The van der Waals surface area contributed by atoms with Gasteiger partial charge in [-0.15, -0.1) is 0 Å².